The van der Waals surface area contributed by atoms with Crippen molar-refractivity contribution in [1.29, 1.82) is 0 Å². The Labute approximate surface area is 210 Å². The highest BCUT2D eigenvalue weighted by Gasteiger charge is 2.22. The third kappa shape index (κ3) is 5.87. The predicted octanol–water partition coefficient (Wildman–Crippen LogP) is 5.48. The molecule has 0 bridgehead atoms. The van der Waals surface area contributed by atoms with Gasteiger partial charge in [-0.3, -0.25) is 5.32 Å². The van der Waals surface area contributed by atoms with Crippen molar-refractivity contribution >= 4 is 52.0 Å². The molecule has 0 aliphatic carbocycles. The van der Waals surface area contributed by atoms with E-state index in [1.54, 1.807) is 24.4 Å². The Kier molecular flexibility index (Phi) is 8.17. The lowest BCUT2D eigenvalue weighted by Gasteiger charge is -2.29. The van der Waals surface area contributed by atoms with Gasteiger partial charge in [-0.15, -0.1) is 0 Å². The van der Waals surface area contributed by atoms with E-state index in [1.807, 2.05) is 33.8 Å². The number of nitrogens with one attached hydrogen (secondary N) is 2. The molecule has 10 heteroatoms. The summed E-state index contributed by atoms with van der Waals surface area (Å²) in [7, 11) is 0. The van der Waals surface area contributed by atoms with Gasteiger partial charge in [-0.1, -0.05) is 36.2 Å². The second-order valence-corrected chi connectivity index (χ2v) is 9.79. The number of pyridine rings is 1. The van der Waals surface area contributed by atoms with E-state index in [0.717, 1.165) is 6.42 Å². The molecule has 0 aliphatic heterocycles. The first kappa shape index (κ1) is 25.9. The highest BCUT2D eigenvalue weighted by molar-refractivity contribution is 6.39. The van der Waals surface area contributed by atoms with Crippen molar-refractivity contribution in [3.63, 3.8) is 0 Å². The number of anilines is 2. The number of likely N-dealkylation sites (N-methyl/N-ethyl adjacent to an activating group) is 1. The summed E-state index contributed by atoms with van der Waals surface area (Å²) < 4.78 is 0. The van der Waals surface area contributed by atoms with Gasteiger partial charge in [0.25, 0.3) is 0 Å². The second-order valence-electron chi connectivity index (χ2n) is 8.98. The molecule has 4 N–H and O–H groups in total. The zero-order valence-electron chi connectivity index (χ0n) is 20.1. The Bertz CT molecular complexity index is 1160. The summed E-state index contributed by atoms with van der Waals surface area (Å²) in [6, 6.07) is 6.78. The summed E-state index contributed by atoms with van der Waals surface area (Å²) in [6.45, 7) is 11.0. The largest absolute Gasteiger partial charge is 0.337 e. The Balaban J connectivity index is 2.17. The van der Waals surface area contributed by atoms with E-state index in [0.29, 0.717) is 57.1 Å². The van der Waals surface area contributed by atoms with Gasteiger partial charge in [0.05, 0.1) is 10.0 Å². The number of rotatable bonds is 7. The van der Waals surface area contributed by atoms with Gasteiger partial charge in [-0.05, 0) is 52.3 Å². The van der Waals surface area contributed by atoms with E-state index in [1.165, 1.54) is 0 Å². The quantitative estimate of drug-likeness (QED) is 0.393. The van der Waals surface area contributed by atoms with Crippen molar-refractivity contribution in [2.75, 3.05) is 23.3 Å². The lowest BCUT2D eigenvalue weighted by Crippen LogP contribution is -2.43. The molecule has 0 radical (unpaired) electrons. The normalized spacial score (nSPS) is 12.5. The van der Waals surface area contributed by atoms with Crippen LogP contribution in [0, 0.1) is 0 Å². The van der Waals surface area contributed by atoms with Crippen molar-refractivity contribution in [3.05, 3.63) is 40.5 Å². The molecule has 0 spiro atoms. The summed E-state index contributed by atoms with van der Waals surface area (Å²) in [4.78, 5) is 28.7. The Morgan fingerprint density at radius 3 is 2.41 bits per heavy atom. The van der Waals surface area contributed by atoms with Crippen LogP contribution in [0.4, 0.5) is 16.6 Å². The van der Waals surface area contributed by atoms with Crippen LogP contribution in [-0.2, 0) is 0 Å². The molecule has 8 nitrogen and oxygen atoms in total. The third-order valence-corrected chi connectivity index (χ3v) is 5.92. The molecule has 1 atom stereocenters. The van der Waals surface area contributed by atoms with Crippen LogP contribution < -0.4 is 21.3 Å². The van der Waals surface area contributed by atoms with E-state index in [2.05, 4.69) is 27.4 Å². The average molecular weight is 504 g/mol. The van der Waals surface area contributed by atoms with Crippen LogP contribution >= 0.6 is 23.2 Å². The summed E-state index contributed by atoms with van der Waals surface area (Å²) in [6.07, 6.45) is 2.58. The first-order chi connectivity index (χ1) is 16.1. The number of aromatic nitrogens is 3. The zero-order chi connectivity index (χ0) is 25.0. The van der Waals surface area contributed by atoms with Crippen LogP contribution in [0.15, 0.2) is 30.5 Å². The van der Waals surface area contributed by atoms with Gasteiger partial charge >= 0.3 is 6.03 Å². The third-order valence-electron chi connectivity index (χ3n) is 5.29. The van der Waals surface area contributed by atoms with Crippen molar-refractivity contribution in [1.82, 2.24) is 20.3 Å². The number of hydrogen-bond donors (Lipinski definition) is 3. The fourth-order valence-electron chi connectivity index (χ4n) is 3.69. The molecule has 0 fully saturated rings. The molecule has 34 heavy (non-hydrogen) atoms. The number of carbonyl (C=O) groups is 1. The Morgan fingerprint density at radius 1 is 1.18 bits per heavy atom. The fourth-order valence-corrected chi connectivity index (χ4v) is 4.29. The number of carbonyl (C=O) groups excluding carboxylic acids is 1. The number of benzene rings is 1. The first-order valence-electron chi connectivity index (χ1n) is 11.3. The molecule has 0 aliphatic rings. The second kappa shape index (κ2) is 10.7. The Hall–Kier alpha value is -2.68. The van der Waals surface area contributed by atoms with E-state index in [-0.39, 0.29) is 6.04 Å². The van der Waals surface area contributed by atoms with Gasteiger partial charge in [0.2, 0.25) is 5.95 Å². The standard InChI is InChI=1S/C24H31Cl2N7O/c1-6-15(12-27)33(7-2)22-28-13-14-11-16(19-17(25)9-8-10-18(19)26)21(29-20(14)30-22)31-23(34)32-24(3,4)5/h8-11,13,15H,6-7,12,27H2,1-5H3,(H2,28,29,30,31,32,34). The molecule has 182 valence electrons. The van der Waals surface area contributed by atoms with Gasteiger partial charge in [0.15, 0.2) is 5.65 Å². The number of nitrogens with two attached hydrogens (primary N) is 1. The number of urea groups is 1. The molecule has 0 saturated carbocycles. The van der Waals surface area contributed by atoms with E-state index in [4.69, 9.17) is 38.9 Å². The van der Waals surface area contributed by atoms with Crippen LogP contribution in [0.1, 0.15) is 41.0 Å². The molecule has 1 unspecified atom stereocenters. The topological polar surface area (TPSA) is 109 Å². The molecular formula is C24H31Cl2N7O. The zero-order valence-corrected chi connectivity index (χ0v) is 21.6. The van der Waals surface area contributed by atoms with Crippen molar-refractivity contribution in [2.45, 2.75) is 52.6 Å². The van der Waals surface area contributed by atoms with Gasteiger partial charge in [0.1, 0.15) is 5.82 Å². The van der Waals surface area contributed by atoms with Crippen LogP contribution in [0.3, 0.4) is 0 Å². The van der Waals surface area contributed by atoms with Crippen molar-refractivity contribution < 1.29 is 4.79 Å². The molecule has 0 saturated heterocycles. The molecule has 2 aromatic heterocycles. The highest BCUT2D eigenvalue weighted by atomic mass is 35.5. The van der Waals surface area contributed by atoms with Gasteiger partial charge in [-0.25, -0.2) is 14.8 Å². The van der Waals surface area contributed by atoms with Crippen molar-refractivity contribution in [3.8, 4) is 11.1 Å². The number of nitrogens with zero attached hydrogens (tertiary/aromatic N) is 4. The SMILES string of the molecule is CCC(CN)N(CC)c1ncc2cc(-c3c(Cl)cccc3Cl)c(NC(=O)NC(C)(C)C)nc2n1. The summed E-state index contributed by atoms with van der Waals surface area (Å²) in [5.41, 5.74) is 7.11. The molecule has 3 aromatic rings. The number of hydrogen-bond acceptors (Lipinski definition) is 6. The van der Waals surface area contributed by atoms with Crippen LogP contribution in [-0.4, -0.2) is 45.7 Å². The first-order valence-corrected chi connectivity index (χ1v) is 12.0. The van der Waals surface area contributed by atoms with E-state index >= 15 is 0 Å². The Morgan fingerprint density at radius 2 is 1.85 bits per heavy atom. The van der Waals surface area contributed by atoms with Crippen LogP contribution in [0.5, 0.6) is 0 Å². The minimum absolute atomic E-state index is 0.110. The molecule has 2 heterocycles. The van der Waals surface area contributed by atoms with Crippen molar-refractivity contribution in [2.24, 2.45) is 5.73 Å². The lowest BCUT2D eigenvalue weighted by molar-refractivity contribution is 0.243. The maximum absolute atomic E-state index is 12.7. The minimum Gasteiger partial charge on any atom is -0.337 e. The minimum atomic E-state index is -0.433. The number of fused-ring (bicyclic) bond motifs is 1. The summed E-state index contributed by atoms with van der Waals surface area (Å²) in [5, 5.41) is 7.30. The highest BCUT2D eigenvalue weighted by Crippen LogP contribution is 2.39. The van der Waals surface area contributed by atoms with Crippen LogP contribution in [0.25, 0.3) is 22.2 Å². The smallest absolute Gasteiger partial charge is 0.320 e. The van der Waals surface area contributed by atoms with Crippen LogP contribution in [0.2, 0.25) is 10.0 Å². The van der Waals surface area contributed by atoms with Gasteiger partial charge in [-0.2, -0.15) is 4.98 Å². The van der Waals surface area contributed by atoms with E-state index < -0.39 is 11.6 Å². The molecule has 2 amide bonds. The lowest BCUT2D eigenvalue weighted by atomic mass is 10.0. The predicted molar refractivity (Wildman–Crippen MR) is 141 cm³/mol. The van der Waals surface area contributed by atoms with Gasteiger partial charge in [0, 0.05) is 47.4 Å². The average Bonchev–Trinajstić information content (AvgIpc) is 2.75. The van der Waals surface area contributed by atoms with E-state index in [9.17, 15) is 4.79 Å². The monoisotopic (exact) mass is 503 g/mol. The number of halogens is 2. The summed E-state index contributed by atoms with van der Waals surface area (Å²) >= 11 is 13.0. The maximum atomic E-state index is 12.7. The summed E-state index contributed by atoms with van der Waals surface area (Å²) in [5.74, 6) is 0.830. The molecule has 3 rings (SSSR count). The molecular weight excluding hydrogens is 473 g/mol. The van der Waals surface area contributed by atoms with Gasteiger partial charge < -0.3 is 16.0 Å². The maximum Gasteiger partial charge on any atom is 0.320 e. The number of amides is 2. The molecule has 1 aromatic carbocycles. The fraction of sp³-hybridized carbons (Fsp3) is 0.417.